The molecular weight excluding hydrogens is 253 g/mol. The molecule has 1 atom stereocenters. The molecule has 0 fully saturated rings. The van der Waals surface area contributed by atoms with Crippen molar-refractivity contribution >= 4 is 11.6 Å². The molecule has 2 nitrogen and oxygen atoms in total. The monoisotopic (exact) mass is 265 g/mol. The van der Waals surface area contributed by atoms with E-state index in [0.717, 1.165) is 5.56 Å². The number of aryl methyl sites for hydroxylation is 1. The second-order valence-electron chi connectivity index (χ2n) is 4.17. The van der Waals surface area contributed by atoms with E-state index in [9.17, 15) is 9.50 Å². The Bertz CT molecular complexity index is 559. The Morgan fingerprint density at radius 2 is 2.17 bits per heavy atom. The lowest BCUT2D eigenvalue weighted by Gasteiger charge is -2.13. The van der Waals surface area contributed by atoms with E-state index in [0.29, 0.717) is 16.1 Å². The summed E-state index contributed by atoms with van der Waals surface area (Å²) < 4.78 is 13.9. The summed E-state index contributed by atoms with van der Waals surface area (Å²) in [5, 5.41) is 10.6. The lowest BCUT2D eigenvalue weighted by atomic mass is 10.00. The van der Waals surface area contributed by atoms with Crippen LogP contribution in [0.4, 0.5) is 4.39 Å². The molecule has 0 aliphatic heterocycles. The number of nitrogens with zero attached hydrogens (tertiary/aromatic N) is 1. The number of pyridine rings is 1. The predicted octanol–water partition coefficient (Wildman–Crippen LogP) is 3.46. The number of halogens is 2. The Morgan fingerprint density at radius 3 is 2.89 bits per heavy atom. The van der Waals surface area contributed by atoms with Crippen LogP contribution in [0.3, 0.4) is 0 Å². The van der Waals surface area contributed by atoms with E-state index in [4.69, 9.17) is 11.6 Å². The average molecular weight is 266 g/mol. The topological polar surface area (TPSA) is 33.1 Å². The maximum absolute atomic E-state index is 13.9. The van der Waals surface area contributed by atoms with Crippen LogP contribution in [0.2, 0.25) is 5.02 Å². The van der Waals surface area contributed by atoms with Crippen molar-refractivity contribution in [3.05, 3.63) is 64.2 Å². The molecular formula is C14H13ClFNO. The van der Waals surface area contributed by atoms with Crippen molar-refractivity contribution in [1.29, 1.82) is 0 Å². The first-order valence-electron chi connectivity index (χ1n) is 5.61. The van der Waals surface area contributed by atoms with Gasteiger partial charge in [-0.3, -0.25) is 4.98 Å². The molecule has 0 saturated heterocycles. The van der Waals surface area contributed by atoms with Gasteiger partial charge in [0.2, 0.25) is 0 Å². The Morgan fingerprint density at radius 1 is 1.39 bits per heavy atom. The van der Waals surface area contributed by atoms with E-state index in [1.165, 1.54) is 6.20 Å². The molecule has 2 rings (SSSR count). The highest BCUT2D eigenvalue weighted by Crippen LogP contribution is 2.25. The summed E-state index contributed by atoms with van der Waals surface area (Å²) in [6.45, 7) is 1.67. The van der Waals surface area contributed by atoms with Crippen LogP contribution in [-0.2, 0) is 6.42 Å². The van der Waals surface area contributed by atoms with Crippen molar-refractivity contribution in [2.75, 3.05) is 0 Å². The van der Waals surface area contributed by atoms with E-state index in [1.807, 2.05) is 0 Å². The molecule has 0 radical (unpaired) electrons. The normalized spacial score (nSPS) is 12.4. The number of benzene rings is 1. The molecule has 0 spiro atoms. The summed E-state index contributed by atoms with van der Waals surface area (Å²) in [6, 6.07) is 6.71. The maximum Gasteiger partial charge on any atom is 0.131 e. The predicted molar refractivity (Wildman–Crippen MR) is 69.0 cm³/mol. The van der Waals surface area contributed by atoms with Crippen LogP contribution in [0, 0.1) is 12.7 Å². The Hall–Kier alpha value is -1.45. The van der Waals surface area contributed by atoms with Gasteiger partial charge in [0.05, 0.1) is 11.1 Å². The fraction of sp³-hybridized carbons (Fsp3) is 0.214. The molecule has 94 valence electrons. The van der Waals surface area contributed by atoms with Crippen LogP contribution in [-0.4, -0.2) is 10.1 Å². The Balaban J connectivity index is 2.25. The second kappa shape index (κ2) is 5.46. The van der Waals surface area contributed by atoms with Crippen molar-refractivity contribution in [2.45, 2.75) is 19.4 Å². The Kier molecular flexibility index (Phi) is 3.94. The molecule has 2 aromatic rings. The summed E-state index contributed by atoms with van der Waals surface area (Å²) >= 11 is 5.96. The van der Waals surface area contributed by atoms with Gasteiger partial charge in [-0.2, -0.15) is 0 Å². The zero-order valence-corrected chi connectivity index (χ0v) is 10.7. The van der Waals surface area contributed by atoms with Gasteiger partial charge < -0.3 is 5.11 Å². The quantitative estimate of drug-likeness (QED) is 0.922. The van der Waals surface area contributed by atoms with Crippen LogP contribution >= 0.6 is 11.6 Å². The van der Waals surface area contributed by atoms with Crippen molar-refractivity contribution < 1.29 is 9.50 Å². The molecule has 18 heavy (non-hydrogen) atoms. The van der Waals surface area contributed by atoms with Crippen molar-refractivity contribution in [1.82, 2.24) is 4.98 Å². The third-order valence-corrected chi connectivity index (χ3v) is 3.19. The molecule has 0 bridgehead atoms. The minimum Gasteiger partial charge on any atom is -0.388 e. The van der Waals surface area contributed by atoms with Gasteiger partial charge in [-0.15, -0.1) is 0 Å². The molecule has 1 unspecified atom stereocenters. The first-order chi connectivity index (χ1) is 8.59. The van der Waals surface area contributed by atoms with Crippen LogP contribution in [0.5, 0.6) is 0 Å². The summed E-state index contributed by atoms with van der Waals surface area (Å²) in [5.74, 6) is -0.366. The molecule has 0 amide bonds. The van der Waals surface area contributed by atoms with Crippen molar-refractivity contribution in [2.24, 2.45) is 0 Å². The number of aromatic nitrogens is 1. The summed E-state index contributed by atoms with van der Waals surface area (Å²) in [6.07, 6.45) is 2.46. The van der Waals surface area contributed by atoms with Crippen LogP contribution in [0.1, 0.15) is 22.8 Å². The lowest BCUT2D eigenvalue weighted by Crippen LogP contribution is -2.06. The van der Waals surface area contributed by atoms with Gasteiger partial charge in [-0.1, -0.05) is 29.8 Å². The highest BCUT2D eigenvalue weighted by Gasteiger charge is 2.15. The van der Waals surface area contributed by atoms with E-state index in [-0.39, 0.29) is 12.2 Å². The van der Waals surface area contributed by atoms with E-state index in [1.54, 1.807) is 37.4 Å². The zero-order chi connectivity index (χ0) is 13.1. The molecule has 0 saturated carbocycles. The first kappa shape index (κ1) is 13.0. The lowest BCUT2D eigenvalue weighted by molar-refractivity contribution is 0.173. The minimum atomic E-state index is -0.912. The van der Waals surface area contributed by atoms with Gasteiger partial charge in [0.25, 0.3) is 0 Å². The first-order valence-corrected chi connectivity index (χ1v) is 5.99. The maximum atomic E-state index is 13.9. The largest absolute Gasteiger partial charge is 0.388 e. The molecule has 1 N–H and O–H groups in total. The zero-order valence-electron chi connectivity index (χ0n) is 9.90. The van der Waals surface area contributed by atoms with E-state index in [2.05, 4.69) is 4.98 Å². The Labute approximate surface area is 110 Å². The molecule has 4 heteroatoms. The number of hydrogen-bond acceptors (Lipinski definition) is 2. The fourth-order valence-electron chi connectivity index (χ4n) is 1.82. The standard InChI is InChI=1S/C14H13ClFNO/c1-9-3-2-4-11(14(9)16)13(18)7-10-5-6-17-8-12(10)15/h2-6,8,13,18H,7H2,1H3. The second-order valence-corrected chi connectivity index (χ2v) is 4.57. The fourth-order valence-corrected chi connectivity index (χ4v) is 2.01. The molecule has 0 aliphatic rings. The molecule has 1 heterocycles. The van der Waals surface area contributed by atoms with Gasteiger partial charge in [0.15, 0.2) is 0 Å². The van der Waals surface area contributed by atoms with Gasteiger partial charge >= 0.3 is 0 Å². The minimum absolute atomic E-state index is 0.266. The van der Waals surface area contributed by atoms with Crippen molar-refractivity contribution in [3.8, 4) is 0 Å². The van der Waals surface area contributed by atoms with Crippen LogP contribution in [0.15, 0.2) is 36.7 Å². The van der Waals surface area contributed by atoms with E-state index >= 15 is 0 Å². The highest BCUT2D eigenvalue weighted by atomic mass is 35.5. The summed E-state index contributed by atoms with van der Waals surface area (Å²) in [5.41, 5.74) is 1.57. The van der Waals surface area contributed by atoms with Gasteiger partial charge in [-0.25, -0.2) is 4.39 Å². The smallest absolute Gasteiger partial charge is 0.131 e. The summed E-state index contributed by atoms with van der Waals surface area (Å²) in [4.78, 5) is 3.87. The number of rotatable bonds is 3. The molecule has 1 aromatic carbocycles. The summed E-state index contributed by atoms with van der Waals surface area (Å²) in [7, 11) is 0. The molecule has 1 aromatic heterocycles. The average Bonchev–Trinajstić information content (AvgIpc) is 2.35. The van der Waals surface area contributed by atoms with Crippen LogP contribution in [0.25, 0.3) is 0 Å². The SMILES string of the molecule is Cc1cccc(C(O)Cc2ccncc2Cl)c1F. The highest BCUT2D eigenvalue weighted by molar-refractivity contribution is 6.31. The molecule has 0 aliphatic carbocycles. The van der Waals surface area contributed by atoms with Gasteiger partial charge in [0.1, 0.15) is 5.82 Å². The van der Waals surface area contributed by atoms with Gasteiger partial charge in [0, 0.05) is 24.4 Å². The van der Waals surface area contributed by atoms with Gasteiger partial charge in [-0.05, 0) is 24.1 Å². The number of aliphatic hydroxyl groups excluding tert-OH is 1. The third kappa shape index (κ3) is 2.68. The number of hydrogen-bond donors (Lipinski definition) is 1. The van der Waals surface area contributed by atoms with E-state index < -0.39 is 6.10 Å². The number of aliphatic hydroxyl groups is 1. The third-order valence-electron chi connectivity index (χ3n) is 2.85. The van der Waals surface area contributed by atoms with Crippen LogP contribution < -0.4 is 0 Å². The van der Waals surface area contributed by atoms with Crippen molar-refractivity contribution in [3.63, 3.8) is 0 Å².